The zero-order valence-corrected chi connectivity index (χ0v) is 39.1. The van der Waals surface area contributed by atoms with Crippen molar-refractivity contribution in [2.75, 3.05) is 0 Å². The van der Waals surface area contributed by atoms with Crippen LogP contribution in [0.25, 0.3) is 116 Å². The summed E-state index contributed by atoms with van der Waals surface area (Å²) < 4.78 is 7.30. The van der Waals surface area contributed by atoms with Gasteiger partial charge < -0.3 is 13.7 Å². The number of aromatic nitrogens is 3. The lowest BCUT2D eigenvalue weighted by Crippen LogP contribution is -2.25. The molecule has 71 heavy (non-hydrogen) atoms. The summed E-state index contributed by atoms with van der Waals surface area (Å²) in [4.78, 5) is 0. The SMILES string of the molecule is C=C/C=C(\C=C/C)n1c2ccccc2c2cc(-c3ccc4c(c3)c3cc5c(cc3n4-c3ccc4c(c3)c3ccccc3n4-c3ccccc3)C3(c4ccccc4-c4ccccc43)c3ccccc3-5)ccc21. The molecule has 3 aromatic heterocycles. The summed E-state index contributed by atoms with van der Waals surface area (Å²) in [6.07, 6.45) is 8.21. The maximum atomic E-state index is 4.05. The summed E-state index contributed by atoms with van der Waals surface area (Å²) >= 11 is 0. The normalized spacial score (nSPS) is 13.6. The number of para-hydroxylation sites is 3. The van der Waals surface area contributed by atoms with Crippen LogP contribution in [0.2, 0.25) is 0 Å². The van der Waals surface area contributed by atoms with E-state index in [0.717, 1.165) is 17.1 Å². The molecular weight excluding hydrogens is 859 g/mol. The van der Waals surface area contributed by atoms with Crippen molar-refractivity contribution in [2.45, 2.75) is 12.3 Å². The monoisotopic (exact) mass is 903 g/mol. The Kier molecular flexibility index (Phi) is 8.35. The predicted octanol–water partition coefficient (Wildman–Crippen LogP) is 17.6. The lowest BCUT2D eigenvalue weighted by Gasteiger charge is -2.30. The first-order valence-corrected chi connectivity index (χ1v) is 24.7. The molecule has 0 unspecified atom stereocenters. The number of nitrogens with zero attached hydrogens (tertiary/aromatic N) is 3. The quantitative estimate of drug-likeness (QED) is 0.148. The van der Waals surface area contributed by atoms with E-state index in [4.69, 9.17) is 0 Å². The van der Waals surface area contributed by atoms with Crippen molar-refractivity contribution in [1.29, 1.82) is 0 Å². The Labute approximate surface area is 411 Å². The molecule has 0 atom stereocenters. The van der Waals surface area contributed by atoms with Crippen LogP contribution in [-0.2, 0) is 5.41 Å². The molecule has 0 bridgehead atoms. The van der Waals surface area contributed by atoms with Gasteiger partial charge in [0.15, 0.2) is 0 Å². The molecule has 1 spiro atoms. The van der Waals surface area contributed by atoms with Crippen LogP contribution < -0.4 is 0 Å². The van der Waals surface area contributed by atoms with Crippen molar-refractivity contribution in [3.8, 4) is 44.8 Å². The number of allylic oxidation sites excluding steroid dienone is 5. The Hall–Kier alpha value is -9.18. The van der Waals surface area contributed by atoms with Crippen molar-refractivity contribution in [1.82, 2.24) is 13.7 Å². The fourth-order valence-corrected chi connectivity index (χ4v) is 12.9. The number of rotatable bonds is 6. The summed E-state index contributed by atoms with van der Waals surface area (Å²) in [5.74, 6) is 0. The van der Waals surface area contributed by atoms with E-state index >= 15 is 0 Å². The third-order valence-electron chi connectivity index (χ3n) is 15.7. The Morgan fingerprint density at radius 3 is 1.52 bits per heavy atom. The average molecular weight is 904 g/mol. The lowest BCUT2D eigenvalue weighted by atomic mass is 9.70. The summed E-state index contributed by atoms with van der Waals surface area (Å²) in [6, 6.07) is 81.9. The van der Waals surface area contributed by atoms with E-state index in [1.165, 1.54) is 121 Å². The van der Waals surface area contributed by atoms with Gasteiger partial charge in [0.2, 0.25) is 0 Å². The average Bonchev–Trinajstić information content (AvgIpc) is 4.21. The van der Waals surface area contributed by atoms with E-state index in [-0.39, 0.29) is 0 Å². The first-order valence-electron chi connectivity index (χ1n) is 24.7. The number of hydrogen-bond donors (Lipinski definition) is 0. The predicted molar refractivity (Wildman–Crippen MR) is 299 cm³/mol. The van der Waals surface area contributed by atoms with Gasteiger partial charge in [0.05, 0.1) is 38.5 Å². The molecule has 2 aliphatic rings. The largest absolute Gasteiger partial charge is 0.309 e. The minimum Gasteiger partial charge on any atom is -0.309 e. The van der Waals surface area contributed by atoms with Gasteiger partial charge in [0.1, 0.15) is 0 Å². The fraction of sp³-hybridized carbons (Fsp3) is 0.0294. The van der Waals surface area contributed by atoms with Gasteiger partial charge in [-0.3, -0.25) is 0 Å². The van der Waals surface area contributed by atoms with Gasteiger partial charge in [-0.05, 0) is 154 Å². The minimum atomic E-state index is -0.463. The summed E-state index contributed by atoms with van der Waals surface area (Å²) in [6.45, 7) is 6.12. The summed E-state index contributed by atoms with van der Waals surface area (Å²) in [5, 5.41) is 7.38. The maximum Gasteiger partial charge on any atom is 0.0726 e. The van der Waals surface area contributed by atoms with Crippen LogP contribution in [0.1, 0.15) is 29.2 Å². The molecule has 0 saturated heterocycles. The Balaban J connectivity index is 1.02. The van der Waals surface area contributed by atoms with E-state index < -0.39 is 5.41 Å². The highest BCUT2D eigenvalue weighted by Crippen LogP contribution is 2.63. The third-order valence-corrected chi connectivity index (χ3v) is 15.7. The van der Waals surface area contributed by atoms with E-state index in [1.54, 1.807) is 0 Å². The smallest absolute Gasteiger partial charge is 0.0726 e. The van der Waals surface area contributed by atoms with Gasteiger partial charge in [0.25, 0.3) is 0 Å². The minimum absolute atomic E-state index is 0.463. The van der Waals surface area contributed by atoms with Gasteiger partial charge in [-0.25, -0.2) is 0 Å². The van der Waals surface area contributed by atoms with Crippen LogP contribution >= 0.6 is 0 Å². The van der Waals surface area contributed by atoms with Gasteiger partial charge in [-0.2, -0.15) is 0 Å². The summed E-state index contributed by atoms with van der Waals surface area (Å²) in [5.41, 5.74) is 23.0. The van der Waals surface area contributed by atoms with Crippen LogP contribution in [0.15, 0.2) is 249 Å². The fourth-order valence-electron chi connectivity index (χ4n) is 12.9. The van der Waals surface area contributed by atoms with Gasteiger partial charge in [-0.15, -0.1) is 0 Å². The molecule has 0 amide bonds. The van der Waals surface area contributed by atoms with Gasteiger partial charge in [-0.1, -0.05) is 158 Å². The second-order valence-electron chi connectivity index (χ2n) is 19.2. The Morgan fingerprint density at radius 1 is 0.380 bits per heavy atom. The van der Waals surface area contributed by atoms with E-state index in [9.17, 15) is 0 Å². The second kappa shape index (κ2) is 14.9. The summed E-state index contributed by atoms with van der Waals surface area (Å²) in [7, 11) is 0. The molecule has 3 heteroatoms. The molecular formula is C68H45N3. The molecule has 15 rings (SSSR count). The first-order chi connectivity index (χ1) is 35.1. The molecule has 0 aliphatic heterocycles. The Bertz CT molecular complexity index is 4440. The van der Waals surface area contributed by atoms with Crippen LogP contribution in [0.5, 0.6) is 0 Å². The highest BCUT2D eigenvalue weighted by Gasteiger charge is 2.51. The molecule has 10 aromatic carbocycles. The van der Waals surface area contributed by atoms with Crippen LogP contribution in [0, 0.1) is 0 Å². The first kappa shape index (κ1) is 39.8. The second-order valence-corrected chi connectivity index (χ2v) is 19.2. The number of benzene rings is 10. The van der Waals surface area contributed by atoms with Gasteiger partial charge in [0, 0.05) is 49.4 Å². The third kappa shape index (κ3) is 5.32. The standard InChI is InChI=1S/C68H45N3/c1-3-18-45(19-4-2)69-62-30-16-11-25-51(62)54-38-43(32-35-64(54)69)44-33-36-65-55(39-44)57-41-53-50-24-10-15-29-60(50)68(58-27-13-8-22-48(58)49-23-9-14-28-59(49)68)61(53)42-67(57)71(65)47-34-37-66-56(40-47)52-26-12-17-31-63(52)70(66)46-20-6-5-7-21-46/h3-42H,1H2,2H3/b19-4-,45-18+. The number of fused-ring (bicyclic) bond motifs is 19. The molecule has 3 heterocycles. The van der Waals surface area contributed by atoms with Crippen molar-refractivity contribution in [2.24, 2.45) is 0 Å². The van der Waals surface area contributed by atoms with E-state index in [2.05, 4.69) is 264 Å². The van der Waals surface area contributed by atoms with Gasteiger partial charge >= 0.3 is 0 Å². The van der Waals surface area contributed by atoms with Crippen molar-refractivity contribution < 1.29 is 0 Å². The molecule has 2 aliphatic carbocycles. The van der Waals surface area contributed by atoms with Crippen LogP contribution in [0.3, 0.4) is 0 Å². The zero-order valence-electron chi connectivity index (χ0n) is 39.1. The maximum absolute atomic E-state index is 4.05. The van der Waals surface area contributed by atoms with E-state index in [1.807, 2.05) is 6.08 Å². The molecule has 332 valence electrons. The highest BCUT2D eigenvalue weighted by molar-refractivity contribution is 6.16. The highest BCUT2D eigenvalue weighted by atomic mass is 15.0. The van der Waals surface area contributed by atoms with Crippen LogP contribution in [0.4, 0.5) is 0 Å². The number of hydrogen-bond acceptors (Lipinski definition) is 0. The van der Waals surface area contributed by atoms with Crippen molar-refractivity contribution >= 4 is 71.1 Å². The molecule has 3 nitrogen and oxygen atoms in total. The topological polar surface area (TPSA) is 14.8 Å². The molecule has 13 aromatic rings. The van der Waals surface area contributed by atoms with Crippen LogP contribution in [-0.4, -0.2) is 13.7 Å². The lowest BCUT2D eigenvalue weighted by molar-refractivity contribution is 0.794. The Morgan fingerprint density at radius 2 is 0.859 bits per heavy atom. The molecule has 0 N–H and O–H groups in total. The molecule has 0 fully saturated rings. The zero-order chi connectivity index (χ0) is 47.0. The molecule has 0 saturated carbocycles. The molecule has 0 radical (unpaired) electrons. The van der Waals surface area contributed by atoms with E-state index in [0.29, 0.717) is 0 Å². The van der Waals surface area contributed by atoms with Crippen molar-refractivity contribution in [3.05, 3.63) is 272 Å². The van der Waals surface area contributed by atoms with Crippen molar-refractivity contribution in [3.63, 3.8) is 0 Å².